The molecule has 0 radical (unpaired) electrons. The summed E-state index contributed by atoms with van der Waals surface area (Å²) < 4.78 is 10.4. The van der Waals surface area contributed by atoms with Crippen molar-refractivity contribution in [2.75, 3.05) is 12.7 Å². The third-order valence-corrected chi connectivity index (χ3v) is 2.33. The Balaban J connectivity index is 3.47. The van der Waals surface area contributed by atoms with Crippen molar-refractivity contribution in [3.63, 3.8) is 0 Å². The van der Waals surface area contributed by atoms with Crippen LogP contribution in [0.3, 0.4) is 0 Å². The van der Waals surface area contributed by atoms with Gasteiger partial charge in [-0.25, -0.2) is 5.06 Å². The monoisotopic (exact) mass is 211 g/mol. The molecule has 0 bridgehead atoms. The van der Waals surface area contributed by atoms with Crippen LogP contribution in [0.5, 0.6) is 0 Å². The summed E-state index contributed by atoms with van der Waals surface area (Å²) in [6.07, 6.45) is 0.453. The molecule has 0 saturated heterocycles. The predicted octanol–water partition coefficient (Wildman–Crippen LogP) is 0.182. The number of nitrogens with zero attached hydrogens (tertiary/aromatic N) is 1. The summed E-state index contributed by atoms with van der Waals surface area (Å²) in [5, 5.41) is 9.37. The third kappa shape index (κ3) is 7.93. The number of hydroxylamine groups is 2. The molecule has 0 aliphatic carbocycles. The fourth-order valence-electron chi connectivity index (χ4n) is 0.737. The van der Waals surface area contributed by atoms with Gasteiger partial charge in [-0.3, -0.25) is 14.6 Å². The van der Waals surface area contributed by atoms with E-state index in [0.717, 1.165) is 0 Å². The van der Waals surface area contributed by atoms with Crippen molar-refractivity contribution in [3.05, 3.63) is 0 Å². The van der Waals surface area contributed by atoms with Gasteiger partial charge in [-0.2, -0.15) is 0 Å². The van der Waals surface area contributed by atoms with E-state index in [-0.39, 0.29) is 19.1 Å². The molecule has 7 heteroatoms. The van der Waals surface area contributed by atoms with Gasteiger partial charge in [-0.15, -0.1) is 0 Å². The second-order valence-corrected chi connectivity index (χ2v) is 4.51. The first-order chi connectivity index (χ1) is 5.83. The number of unbranched alkanes of at least 4 members (excludes halogenated alkanes) is 1. The summed E-state index contributed by atoms with van der Waals surface area (Å²) in [6, 6.07) is 0. The molecular formula is C6H14NO5P. The Hall–Kier alpha value is -0.420. The van der Waals surface area contributed by atoms with Crippen LogP contribution in [0.15, 0.2) is 0 Å². The molecule has 0 saturated carbocycles. The molecule has 0 heterocycles. The largest absolute Gasteiger partial charge is 0.325 e. The molecule has 0 fully saturated rings. The Kier molecular flexibility index (Phi) is 5.17. The summed E-state index contributed by atoms with van der Waals surface area (Å²) in [4.78, 5) is 27.4. The van der Waals surface area contributed by atoms with Crippen LogP contribution >= 0.6 is 7.60 Å². The maximum absolute atomic E-state index is 10.5. The van der Waals surface area contributed by atoms with E-state index >= 15 is 0 Å². The van der Waals surface area contributed by atoms with Crippen molar-refractivity contribution >= 4 is 13.5 Å². The maximum atomic E-state index is 10.5. The molecule has 0 aromatic rings. The quantitative estimate of drug-likeness (QED) is 0.261. The zero-order chi connectivity index (χ0) is 10.5. The molecule has 0 aliphatic heterocycles. The third-order valence-electron chi connectivity index (χ3n) is 1.43. The average Bonchev–Trinajstić information content (AvgIpc) is 1.95. The first kappa shape index (κ1) is 12.6. The Morgan fingerprint density at radius 1 is 1.38 bits per heavy atom. The topological polar surface area (TPSA) is 98.1 Å². The van der Waals surface area contributed by atoms with Crippen molar-refractivity contribution in [3.8, 4) is 0 Å². The van der Waals surface area contributed by atoms with Crippen LogP contribution in [0.2, 0.25) is 0 Å². The first-order valence-corrected chi connectivity index (χ1v) is 5.64. The van der Waals surface area contributed by atoms with Crippen LogP contribution in [-0.2, 0) is 9.36 Å². The molecule has 0 unspecified atom stereocenters. The van der Waals surface area contributed by atoms with E-state index in [9.17, 15) is 9.36 Å². The van der Waals surface area contributed by atoms with Gasteiger partial charge in [-0.05, 0) is 12.8 Å². The minimum absolute atomic E-state index is 0.106. The fraction of sp³-hybridized carbons (Fsp3) is 0.833. The number of hydrogen-bond donors (Lipinski definition) is 3. The highest BCUT2D eigenvalue weighted by atomic mass is 31.2. The summed E-state index contributed by atoms with van der Waals surface area (Å²) in [7, 11) is -3.93. The highest BCUT2D eigenvalue weighted by molar-refractivity contribution is 7.51. The molecule has 0 aromatic carbocycles. The van der Waals surface area contributed by atoms with E-state index < -0.39 is 13.5 Å². The van der Waals surface area contributed by atoms with E-state index in [1.165, 1.54) is 6.92 Å². The van der Waals surface area contributed by atoms with Crippen LogP contribution in [0.4, 0.5) is 0 Å². The predicted molar refractivity (Wildman–Crippen MR) is 45.3 cm³/mol. The van der Waals surface area contributed by atoms with Gasteiger partial charge in [0, 0.05) is 19.6 Å². The minimum atomic E-state index is -3.93. The lowest BCUT2D eigenvalue weighted by Gasteiger charge is -2.11. The number of rotatable bonds is 5. The molecule has 0 rings (SSSR count). The van der Waals surface area contributed by atoms with Crippen LogP contribution in [0.1, 0.15) is 19.8 Å². The molecular weight excluding hydrogens is 197 g/mol. The van der Waals surface area contributed by atoms with E-state index in [4.69, 9.17) is 15.0 Å². The minimum Gasteiger partial charge on any atom is -0.324 e. The van der Waals surface area contributed by atoms with Gasteiger partial charge in [0.1, 0.15) is 0 Å². The molecule has 6 nitrogen and oxygen atoms in total. The summed E-state index contributed by atoms with van der Waals surface area (Å²) in [5.41, 5.74) is 0. The number of carbonyl (C=O) groups excluding carboxylic acids is 1. The molecule has 0 spiro atoms. The SMILES string of the molecule is CC(=O)N(O)CCCCP(=O)(O)O. The van der Waals surface area contributed by atoms with Gasteiger partial charge in [0.15, 0.2) is 0 Å². The number of hydrogen-bond acceptors (Lipinski definition) is 3. The zero-order valence-electron chi connectivity index (χ0n) is 7.38. The number of carbonyl (C=O) groups is 1. The fourth-order valence-corrected chi connectivity index (χ4v) is 1.37. The van der Waals surface area contributed by atoms with Crippen molar-refractivity contribution in [1.82, 2.24) is 5.06 Å². The smallest absolute Gasteiger partial charge is 0.324 e. The molecule has 3 N–H and O–H groups in total. The summed E-state index contributed by atoms with van der Waals surface area (Å²) >= 11 is 0. The van der Waals surface area contributed by atoms with E-state index in [1.54, 1.807) is 0 Å². The van der Waals surface area contributed by atoms with Gasteiger partial charge in [0.05, 0.1) is 0 Å². The van der Waals surface area contributed by atoms with Gasteiger partial charge in [0.25, 0.3) is 0 Å². The summed E-state index contributed by atoms with van der Waals surface area (Å²) in [6.45, 7) is 1.32. The Labute approximate surface area is 76.3 Å². The Bertz CT molecular complexity index is 213. The lowest BCUT2D eigenvalue weighted by molar-refractivity contribution is -0.162. The van der Waals surface area contributed by atoms with E-state index in [1.807, 2.05) is 0 Å². The van der Waals surface area contributed by atoms with Gasteiger partial charge < -0.3 is 9.79 Å². The van der Waals surface area contributed by atoms with Gasteiger partial charge in [-0.1, -0.05) is 0 Å². The lowest BCUT2D eigenvalue weighted by atomic mass is 10.3. The number of amides is 1. The Morgan fingerprint density at radius 3 is 2.31 bits per heavy atom. The van der Waals surface area contributed by atoms with Crippen molar-refractivity contribution < 1.29 is 24.4 Å². The summed E-state index contributed by atoms with van der Waals surface area (Å²) in [5.74, 6) is -0.476. The second kappa shape index (κ2) is 5.34. The second-order valence-electron chi connectivity index (χ2n) is 2.74. The van der Waals surface area contributed by atoms with Crippen LogP contribution in [-0.4, -0.2) is 38.7 Å². The molecule has 13 heavy (non-hydrogen) atoms. The van der Waals surface area contributed by atoms with Crippen molar-refractivity contribution in [2.45, 2.75) is 19.8 Å². The highest BCUT2D eigenvalue weighted by Crippen LogP contribution is 2.35. The van der Waals surface area contributed by atoms with Crippen molar-refractivity contribution in [2.24, 2.45) is 0 Å². The maximum Gasteiger partial charge on any atom is 0.325 e. The zero-order valence-corrected chi connectivity index (χ0v) is 8.28. The average molecular weight is 211 g/mol. The molecule has 78 valence electrons. The van der Waals surface area contributed by atoms with E-state index in [0.29, 0.717) is 11.5 Å². The van der Waals surface area contributed by atoms with Crippen LogP contribution in [0, 0.1) is 0 Å². The van der Waals surface area contributed by atoms with Gasteiger partial charge >= 0.3 is 7.60 Å². The van der Waals surface area contributed by atoms with Crippen LogP contribution < -0.4 is 0 Å². The highest BCUT2D eigenvalue weighted by Gasteiger charge is 2.12. The molecule has 0 aliphatic rings. The molecule has 0 atom stereocenters. The lowest BCUT2D eigenvalue weighted by Crippen LogP contribution is -2.25. The standard InChI is InChI=1S/C6H14NO5P/c1-6(8)7(9)4-2-3-5-13(10,11)12/h9H,2-5H2,1H3,(H2,10,11,12). The first-order valence-electron chi connectivity index (χ1n) is 3.84. The Morgan fingerprint density at radius 2 is 1.92 bits per heavy atom. The molecule has 1 amide bonds. The normalized spacial score (nSPS) is 11.4. The van der Waals surface area contributed by atoms with E-state index in [2.05, 4.69) is 0 Å². The van der Waals surface area contributed by atoms with Crippen LogP contribution in [0.25, 0.3) is 0 Å². The van der Waals surface area contributed by atoms with Crippen molar-refractivity contribution in [1.29, 1.82) is 0 Å². The van der Waals surface area contributed by atoms with Gasteiger partial charge in [0.2, 0.25) is 5.91 Å². The molecule has 0 aromatic heterocycles.